The summed E-state index contributed by atoms with van der Waals surface area (Å²) in [6.07, 6.45) is 4.04. The highest BCUT2D eigenvalue weighted by Gasteiger charge is 2.35. The minimum atomic E-state index is -0.458. The molecule has 0 spiro atoms. The first-order chi connectivity index (χ1) is 35.4. The molecule has 0 aliphatic carbocycles. The van der Waals surface area contributed by atoms with E-state index in [1.165, 1.54) is 9.59 Å². The summed E-state index contributed by atoms with van der Waals surface area (Å²) >= 11 is 0. The number of hydrogen-bond acceptors (Lipinski definition) is 23. The lowest BCUT2D eigenvalue weighted by Crippen LogP contribution is -2.35. The summed E-state index contributed by atoms with van der Waals surface area (Å²) in [6.45, 7) is 24.8. The van der Waals surface area contributed by atoms with Crippen LogP contribution in [0.15, 0.2) is 0 Å². The lowest BCUT2D eigenvalue weighted by Gasteiger charge is -2.24. The number of nitrogens with one attached hydrogen (secondary N) is 3. The predicted octanol–water partition coefficient (Wildman–Crippen LogP) is 1.37. The molecule has 5 aliphatic heterocycles. The number of hydrogen-bond donors (Lipinski definition) is 3. The van der Waals surface area contributed by atoms with Gasteiger partial charge in [0.05, 0.1) is 14.1 Å². The maximum Gasteiger partial charge on any atom is 0.410 e. The maximum atomic E-state index is 11.9. The van der Waals surface area contributed by atoms with Crippen LogP contribution in [-0.4, -0.2) is 217 Å². The van der Waals surface area contributed by atoms with Gasteiger partial charge in [-0.3, -0.25) is 0 Å². The van der Waals surface area contributed by atoms with Gasteiger partial charge in [-0.15, -0.1) is 40.8 Å². The fourth-order valence-electron chi connectivity index (χ4n) is 8.57. The third-order valence-electron chi connectivity index (χ3n) is 12.2. The van der Waals surface area contributed by atoms with Crippen molar-refractivity contribution in [1.82, 2.24) is 127 Å². The summed E-state index contributed by atoms with van der Waals surface area (Å²) in [5.41, 5.74) is -1.37. The summed E-state index contributed by atoms with van der Waals surface area (Å²) in [5.74, 6) is 5.54. The van der Waals surface area contributed by atoms with Gasteiger partial charge in [0.1, 0.15) is 16.8 Å². The number of amides is 3. The fraction of sp³-hybridized carbons (Fsp3) is 0.818. The Labute approximate surface area is 436 Å². The third kappa shape index (κ3) is 17.9. The number of aromatic amines is 1. The van der Waals surface area contributed by atoms with Crippen molar-refractivity contribution in [2.24, 2.45) is 28.2 Å². The molecule has 0 aromatic carbocycles. The molecule has 5 aliphatic rings. The average molecular weight is 1050 g/mol. The minimum absolute atomic E-state index is 0.154. The number of H-pyrrole nitrogens is 1. The number of likely N-dealkylation sites (tertiary alicyclic amines) is 3. The molecule has 414 valence electrons. The number of carbonyl (C=O) groups excluding carboxylic acids is 3. The normalized spacial score (nSPS) is 21.5. The van der Waals surface area contributed by atoms with Gasteiger partial charge in [0, 0.05) is 96.0 Å². The second-order valence-electron chi connectivity index (χ2n) is 22.0. The van der Waals surface area contributed by atoms with Gasteiger partial charge in [0.25, 0.3) is 0 Å². The zero-order valence-electron chi connectivity index (χ0n) is 45.8. The molecule has 5 fully saturated rings. The van der Waals surface area contributed by atoms with Crippen LogP contribution < -0.4 is 10.6 Å². The largest absolute Gasteiger partial charge is 0.444 e. The number of carbonyl (C=O) groups is 3. The molecule has 31 nitrogen and oxygen atoms in total. The number of rotatable bonds is 5. The molecule has 10 rings (SSSR count). The van der Waals surface area contributed by atoms with Crippen molar-refractivity contribution in [2.45, 2.75) is 141 Å². The van der Waals surface area contributed by atoms with Gasteiger partial charge < -0.3 is 39.5 Å². The number of ether oxygens (including phenoxy) is 3. The molecule has 10 heterocycles. The molecule has 3 amide bonds. The second-order valence-corrected chi connectivity index (χ2v) is 22.0. The van der Waals surface area contributed by atoms with Crippen LogP contribution in [0, 0.1) is 0 Å². The number of aromatic nitrogens is 20. The monoisotopic (exact) mass is 1050 g/mol. The van der Waals surface area contributed by atoms with Crippen molar-refractivity contribution in [1.29, 1.82) is 0 Å². The van der Waals surface area contributed by atoms with Gasteiger partial charge >= 0.3 is 18.3 Å². The van der Waals surface area contributed by atoms with E-state index in [-0.39, 0.29) is 36.0 Å². The van der Waals surface area contributed by atoms with Crippen LogP contribution in [0.2, 0.25) is 0 Å². The van der Waals surface area contributed by atoms with Gasteiger partial charge in [-0.05, 0) is 139 Å². The smallest absolute Gasteiger partial charge is 0.410 e. The van der Waals surface area contributed by atoms with E-state index in [9.17, 15) is 14.4 Å². The molecule has 0 saturated carbocycles. The molecule has 75 heavy (non-hydrogen) atoms. The standard InChI is InChI=1S/2C11H19N5O2.C10H17N5O2.2C6H11N5/c1-11(2,3)18-10(17)16-6-5-8(7-16)9-12-13-14-15(9)4;1-11(2,3)18-10(17)16-6-5-8(7-16)9-12-14-15(4)13-9;1-10(2,3)17-9(16)15-5-4-7(6-15)8-11-13-14-12-8;1-11-6(8-9-10-11)5-2-3-7-4-5;1-11-9-6(8-10-11)5-2-3-7-4-5/h2*8H,5-7H2,1-4H3;7H,4-6H2,1-3H3,(H,11,12,13,14);2*5,7H,2-4H2,1H3. The van der Waals surface area contributed by atoms with E-state index < -0.39 is 16.8 Å². The van der Waals surface area contributed by atoms with Crippen LogP contribution in [0.1, 0.15) is 153 Å². The predicted molar refractivity (Wildman–Crippen MR) is 265 cm³/mol. The van der Waals surface area contributed by atoms with Crippen molar-refractivity contribution >= 4 is 18.3 Å². The van der Waals surface area contributed by atoms with Crippen molar-refractivity contribution in [2.75, 3.05) is 65.4 Å². The Bertz CT molecular complexity index is 2530. The summed E-state index contributed by atoms with van der Waals surface area (Å²) in [4.78, 5) is 43.7. The number of aryl methyl sites for hydroxylation is 4. The lowest BCUT2D eigenvalue weighted by molar-refractivity contribution is 0.0281. The molecule has 5 aromatic heterocycles. The first kappa shape index (κ1) is 57.4. The SMILES string of the molecule is CC(C)(C)OC(=O)N1CCC(c2nn[nH]n2)C1.Cn1nnc(C2CCN(C(=O)OC(C)(C)C)C2)n1.Cn1nnc(C2CCNC2)n1.Cn1nnnc1C1CCN(C(=O)OC(C)(C)C)C1.Cn1nnnc1C1CCNC1. The highest BCUT2D eigenvalue weighted by atomic mass is 16.6. The van der Waals surface area contributed by atoms with E-state index in [2.05, 4.69) is 93.1 Å². The van der Waals surface area contributed by atoms with Crippen LogP contribution in [0.4, 0.5) is 14.4 Å². The first-order valence-electron chi connectivity index (χ1n) is 25.4. The average Bonchev–Trinajstić information content (AvgIpc) is 4.16. The van der Waals surface area contributed by atoms with Crippen molar-refractivity contribution in [3.8, 4) is 0 Å². The highest BCUT2D eigenvalue weighted by Crippen LogP contribution is 2.28. The van der Waals surface area contributed by atoms with Crippen LogP contribution in [0.25, 0.3) is 0 Å². The Kier molecular flexibility index (Phi) is 19.5. The Morgan fingerprint density at radius 2 is 0.880 bits per heavy atom. The second kappa shape index (κ2) is 25.5. The summed E-state index contributed by atoms with van der Waals surface area (Å²) < 4.78 is 19.4. The van der Waals surface area contributed by atoms with E-state index in [0.29, 0.717) is 62.8 Å². The number of nitrogens with zero attached hydrogens (tertiary/aromatic N) is 22. The molecule has 5 atom stereocenters. The zero-order chi connectivity index (χ0) is 54.5. The molecule has 31 heteroatoms. The lowest BCUT2D eigenvalue weighted by atomic mass is 10.1. The van der Waals surface area contributed by atoms with Crippen LogP contribution in [-0.2, 0) is 42.4 Å². The topological polar surface area (TPSA) is 342 Å². The van der Waals surface area contributed by atoms with E-state index >= 15 is 0 Å². The quantitative estimate of drug-likeness (QED) is 0.209. The van der Waals surface area contributed by atoms with E-state index in [0.717, 1.165) is 75.8 Å². The van der Waals surface area contributed by atoms with E-state index in [1.54, 1.807) is 38.2 Å². The molecule has 5 aromatic rings. The van der Waals surface area contributed by atoms with Crippen LogP contribution >= 0.6 is 0 Å². The molecule has 5 saturated heterocycles. The Balaban J connectivity index is 0.000000155. The Morgan fingerprint density at radius 1 is 0.480 bits per heavy atom. The van der Waals surface area contributed by atoms with Gasteiger partial charge in [-0.1, -0.05) is 5.21 Å². The minimum Gasteiger partial charge on any atom is -0.444 e. The molecular weight excluding hydrogens is 975 g/mol. The summed E-state index contributed by atoms with van der Waals surface area (Å²) in [6, 6.07) is 0. The van der Waals surface area contributed by atoms with Gasteiger partial charge in [-0.2, -0.15) is 14.8 Å². The molecular formula is C44H77N25O6. The van der Waals surface area contributed by atoms with Gasteiger partial charge in [0.2, 0.25) is 0 Å². The van der Waals surface area contributed by atoms with E-state index in [4.69, 9.17) is 14.2 Å². The summed E-state index contributed by atoms with van der Waals surface area (Å²) in [5, 5.41) is 67.0. The van der Waals surface area contributed by atoms with Gasteiger partial charge in [0.15, 0.2) is 29.1 Å². The molecule has 3 N–H and O–H groups in total. The zero-order valence-corrected chi connectivity index (χ0v) is 45.8. The van der Waals surface area contributed by atoms with Crippen LogP contribution in [0.3, 0.4) is 0 Å². The van der Waals surface area contributed by atoms with Crippen LogP contribution in [0.5, 0.6) is 0 Å². The first-order valence-corrected chi connectivity index (χ1v) is 25.4. The van der Waals surface area contributed by atoms with Crippen molar-refractivity contribution in [3.05, 3.63) is 29.1 Å². The highest BCUT2D eigenvalue weighted by molar-refractivity contribution is 5.69. The fourth-order valence-corrected chi connectivity index (χ4v) is 8.57. The van der Waals surface area contributed by atoms with Gasteiger partial charge in [-0.25, -0.2) is 23.7 Å². The Hall–Kier alpha value is -6.92. The van der Waals surface area contributed by atoms with Crippen molar-refractivity contribution < 1.29 is 28.6 Å². The summed E-state index contributed by atoms with van der Waals surface area (Å²) in [7, 11) is 7.22. The molecule has 5 unspecified atom stereocenters. The Morgan fingerprint density at radius 3 is 1.24 bits per heavy atom. The molecule has 0 radical (unpaired) electrons. The maximum absolute atomic E-state index is 11.9. The van der Waals surface area contributed by atoms with E-state index in [1.807, 2.05) is 76.4 Å². The van der Waals surface area contributed by atoms with Crippen molar-refractivity contribution in [3.63, 3.8) is 0 Å². The third-order valence-corrected chi connectivity index (χ3v) is 12.2. The molecule has 0 bridgehead atoms. The number of tetrazole rings is 5.